The minimum Gasteiger partial charge on any atom is -0.0715 e. The van der Waals surface area contributed by atoms with E-state index in [2.05, 4.69) is 58.9 Å². The molecule has 0 bridgehead atoms. The monoisotopic (exact) mass is 332 g/mol. The Kier molecular flexibility index (Phi) is 53.5. The van der Waals surface area contributed by atoms with Crippen molar-refractivity contribution in [1.82, 2.24) is 0 Å². The second-order valence-corrected chi connectivity index (χ2v) is 13.5. The molecule has 8 radical (unpaired) electrons. The van der Waals surface area contributed by atoms with E-state index >= 15 is 0 Å². The first-order valence-electron chi connectivity index (χ1n) is 4.50. The molecule has 0 nitrogen and oxygen atoms in total. The number of hydrogen-bond acceptors (Lipinski definition) is 0. The number of rotatable bonds is 0. The van der Waals surface area contributed by atoms with Gasteiger partial charge >= 0.3 is 0 Å². The van der Waals surface area contributed by atoms with Crippen molar-refractivity contribution in [1.29, 1.82) is 0 Å². The Morgan fingerprint density at radius 3 is 0.429 bits per heavy atom. The molecule has 0 aliphatic carbocycles. The summed E-state index contributed by atoms with van der Waals surface area (Å²) in [7, 11) is 0.361. The predicted molar refractivity (Wildman–Crippen MR) is 81.5 cm³/mol. The van der Waals surface area contributed by atoms with Crippen LogP contribution in [0.15, 0.2) is 0 Å². The third-order valence-electron chi connectivity index (χ3n) is 0. The third-order valence-corrected chi connectivity index (χ3v) is 0. The van der Waals surface area contributed by atoms with Gasteiger partial charge < -0.3 is 0 Å². The van der Waals surface area contributed by atoms with Crippen molar-refractivity contribution in [3.63, 3.8) is 0 Å². The largest absolute Gasteiger partial charge is 0.0715 e. The Labute approximate surface area is 152 Å². The van der Waals surface area contributed by atoms with Crippen LogP contribution in [0, 0.1) is 0 Å². The molecular weight excluding hydrogens is 304 g/mol. The van der Waals surface area contributed by atoms with Crippen molar-refractivity contribution in [2.45, 2.75) is 58.9 Å². The zero-order chi connectivity index (χ0) is 10.7. The van der Waals surface area contributed by atoms with E-state index in [9.17, 15) is 0 Å². The van der Waals surface area contributed by atoms with E-state index in [1.807, 2.05) is 0 Å². The molecule has 0 aromatic rings. The molecule has 0 heterocycles. The summed E-state index contributed by atoms with van der Waals surface area (Å²) in [5.74, 6) is 0. The zero-order valence-electron chi connectivity index (χ0n) is 12.0. The molecule has 0 saturated carbocycles. The van der Waals surface area contributed by atoms with Crippen molar-refractivity contribution in [3.8, 4) is 0 Å². The van der Waals surface area contributed by atoms with E-state index in [0.717, 1.165) is 0 Å². The van der Waals surface area contributed by atoms with E-state index < -0.39 is 0 Å². The molecule has 0 N–H and O–H groups in total. The van der Waals surface area contributed by atoms with Crippen LogP contribution in [0.4, 0.5) is 0 Å². The Hall–Kier alpha value is 2.83. The molecule has 80 valence electrons. The molecule has 0 atom stereocenters. The van der Waals surface area contributed by atoms with Gasteiger partial charge in [-0.15, -0.1) is 0 Å². The SMILES string of the molecule is C[Si](C)C.C[Si](C)C.C[Si](C)C.[Ge].[K]. The quantitative estimate of drug-likeness (QED) is 0.597. The van der Waals surface area contributed by atoms with Crippen LogP contribution in [-0.2, 0) is 0 Å². The van der Waals surface area contributed by atoms with Crippen molar-refractivity contribution < 1.29 is 0 Å². The number of hydrogen-bond donors (Lipinski definition) is 0. The molecule has 0 aromatic carbocycles. The van der Waals surface area contributed by atoms with Gasteiger partial charge in [0.1, 0.15) is 0 Å². The van der Waals surface area contributed by atoms with Crippen molar-refractivity contribution in [2.24, 2.45) is 0 Å². The molecule has 0 aromatic heterocycles. The van der Waals surface area contributed by atoms with E-state index in [-0.39, 0.29) is 95.4 Å². The average Bonchev–Trinajstić information content (AvgIpc) is 1.54. The van der Waals surface area contributed by atoms with Gasteiger partial charge in [-0.05, 0) is 0 Å². The van der Waals surface area contributed by atoms with Gasteiger partial charge in [0.25, 0.3) is 0 Å². The Morgan fingerprint density at radius 1 is 0.429 bits per heavy atom. The predicted octanol–water partition coefficient (Wildman–Crippen LogP) is 3.35. The summed E-state index contributed by atoms with van der Waals surface area (Å²) in [5, 5.41) is 0. The van der Waals surface area contributed by atoms with Gasteiger partial charge in [0, 0.05) is 95.4 Å². The Balaban J connectivity index is -0.0000000270. The minimum atomic E-state index is 0. The van der Waals surface area contributed by atoms with Gasteiger partial charge in [-0.2, -0.15) is 0 Å². The topological polar surface area (TPSA) is 0 Å². The molecular formula is C9H27GeKSi3. The summed E-state index contributed by atoms with van der Waals surface area (Å²) in [6, 6.07) is 0. The maximum Gasteiger partial charge on any atom is 0.0379 e. The summed E-state index contributed by atoms with van der Waals surface area (Å²) < 4.78 is 0. The van der Waals surface area contributed by atoms with Crippen molar-refractivity contribution >= 4 is 95.4 Å². The van der Waals surface area contributed by atoms with Crippen molar-refractivity contribution in [3.05, 3.63) is 0 Å². The second kappa shape index (κ2) is 24.9. The average molecular weight is 331 g/mol. The van der Waals surface area contributed by atoms with Gasteiger partial charge in [-0.1, -0.05) is 58.9 Å². The summed E-state index contributed by atoms with van der Waals surface area (Å²) in [6.07, 6.45) is 0. The van der Waals surface area contributed by atoms with Gasteiger partial charge in [-0.3, -0.25) is 0 Å². The van der Waals surface area contributed by atoms with E-state index in [4.69, 9.17) is 0 Å². The van der Waals surface area contributed by atoms with E-state index in [1.165, 1.54) is 0 Å². The van der Waals surface area contributed by atoms with E-state index in [0.29, 0.717) is 0 Å². The molecule has 0 fully saturated rings. The van der Waals surface area contributed by atoms with Crippen LogP contribution in [0.2, 0.25) is 58.9 Å². The van der Waals surface area contributed by atoms with Crippen LogP contribution in [0.5, 0.6) is 0 Å². The van der Waals surface area contributed by atoms with Crippen LogP contribution in [0.1, 0.15) is 0 Å². The fourth-order valence-electron chi connectivity index (χ4n) is 0. The van der Waals surface area contributed by atoms with Crippen LogP contribution < -0.4 is 0 Å². The Morgan fingerprint density at radius 2 is 0.429 bits per heavy atom. The van der Waals surface area contributed by atoms with Gasteiger partial charge in [0.15, 0.2) is 0 Å². The zero-order valence-corrected chi connectivity index (χ0v) is 20.2. The first-order chi connectivity index (χ1) is 5.20. The van der Waals surface area contributed by atoms with Gasteiger partial charge in [-0.25, -0.2) is 0 Å². The van der Waals surface area contributed by atoms with Crippen LogP contribution in [0.25, 0.3) is 0 Å². The first kappa shape index (κ1) is 30.1. The smallest absolute Gasteiger partial charge is 0.0379 e. The normalized spacial score (nSPS) is 7.71. The summed E-state index contributed by atoms with van der Waals surface area (Å²) in [4.78, 5) is 0. The summed E-state index contributed by atoms with van der Waals surface area (Å²) >= 11 is 0. The molecule has 0 aliphatic rings. The maximum atomic E-state index is 2.27. The van der Waals surface area contributed by atoms with Gasteiger partial charge in [0.05, 0.1) is 0 Å². The standard InChI is InChI=1S/3C3H9Si.Ge.K/c3*1-4(2)3;;/h3*1-3H3;;. The molecule has 0 amide bonds. The molecule has 5 heteroatoms. The van der Waals surface area contributed by atoms with Crippen LogP contribution in [0.3, 0.4) is 0 Å². The fourth-order valence-corrected chi connectivity index (χ4v) is 0. The first-order valence-corrected chi connectivity index (χ1v) is 13.5. The molecule has 0 rings (SSSR count). The molecule has 0 saturated heterocycles. The molecule has 0 unspecified atom stereocenters. The fraction of sp³-hybridized carbons (Fsp3) is 1.00. The van der Waals surface area contributed by atoms with E-state index in [1.54, 1.807) is 0 Å². The minimum absolute atomic E-state index is 0. The van der Waals surface area contributed by atoms with Crippen LogP contribution in [-0.4, -0.2) is 95.4 Å². The van der Waals surface area contributed by atoms with Gasteiger partial charge in [0.2, 0.25) is 0 Å². The van der Waals surface area contributed by atoms with Crippen LogP contribution >= 0.6 is 0 Å². The maximum absolute atomic E-state index is 2.27. The Bertz CT molecular complexity index is 48.5. The summed E-state index contributed by atoms with van der Waals surface area (Å²) in [5.41, 5.74) is 0. The molecule has 14 heavy (non-hydrogen) atoms. The molecule has 0 spiro atoms. The summed E-state index contributed by atoms with van der Waals surface area (Å²) in [6.45, 7) is 20.4. The second-order valence-electron chi connectivity index (χ2n) is 4.50. The third kappa shape index (κ3) is 354. The van der Waals surface area contributed by atoms with Crippen molar-refractivity contribution in [2.75, 3.05) is 0 Å². The molecule has 0 aliphatic heterocycles.